The highest BCUT2D eigenvalue weighted by atomic mass is 16.7. The minimum atomic E-state index is 0.326. The van der Waals surface area contributed by atoms with Gasteiger partial charge in [0.05, 0.1) is 0 Å². The summed E-state index contributed by atoms with van der Waals surface area (Å²) in [4.78, 5) is 0. The molecule has 2 aromatic rings. The molecule has 0 unspecified atom stereocenters. The van der Waals surface area contributed by atoms with Crippen LogP contribution in [0, 0.1) is 6.92 Å². The molecule has 2 aromatic carbocycles. The molecule has 0 saturated carbocycles. The molecular formula is C14H12O2. The molecule has 1 aliphatic heterocycles. The Balaban J connectivity index is 2.03. The van der Waals surface area contributed by atoms with E-state index in [9.17, 15) is 0 Å². The van der Waals surface area contributed by atoms with Crippen LogP contribution in [0.5, 0.6) is 11.5 Å². The molecule has 0 atom stereocenters. The van der Waals surface area contributed by atoms with Gasteiger partial charge in [-0.2, -0.15) is 0 Å². The molecule has 0 amide bonds. The molecule has 80 valence electrons. The summed E-state index contributed by atoms with van der Waals surface area (Å²) in [6, 6.07) is 14.5. The number of benzene rings is 2. The normalized spacial score (nSPS) is 12.8. The monoisotopic (exact) mass is 212 g/mol. The highest BCUT2D eigenvalue weighted by Crippen LogP contribution is 2.35. The van der Waals surface area contributed by atoms with Crippen molar-refractivity contribution < 1.29 is 9.47 Å². The van der Waals surface area contributed by atoms with Crippen molar-refractivity contribution in [2.24, 2.45) is 0 Å². The highest BCUT2D eigenvalue weighted by Gasteiger charge is 2.13. The van der Waals surface area contributed by atoms with Crippen LogP contribution in [0.25, 0.3) is 11.1 Å². The van der Waals surface area contributed by atoms with Crippen molar-refractivity contribution in [1.82, 2.24) is 0 Å². The molecule has 2 heteroatoms. The maximum Gasteiger partial charge on any atom is 0.231 e. The highest BCUT2D eigenvalue weighted by molar-refractivity contribution is 5.67. The molecule has 0 aromatic heterocycles. The van der Waals surface area contributed by atoms with Crippen molar-refractivity contribution >= 4 is 0 Å². The first-order chi connectivity index (χ1) is 7.83. The summed E-state index contributed by atoms with van der Waals surface area (Å²) in [5.41, 5.74) is 3.62. The van der Waals surface area contributed by atoms with E-state index < -0.39 is 0 Å². The number of aryl methyl sites for hydroxylation is 1. The molecule has 1 heterocycles. The van der Waals surface area contributed by atoms with Crippen molar-refractivity contribution in [3.8, 4) is 22.6 Å². The quantitative estimate of drug-likeness (QED) is 0.721. The number of hydrogen-bond acceptors (Lipinski definition) is 2. The molecule has 0 saturated heterocycles. The Kier molecular flexibility index (Phi) is 2.07. The second-order valence-corrected chi connectivity index (χ2v) is 3.93. The van der Waals surface area contributed by atoms with Crippen LogP contribution in [-0.4, -0.2) is 6.79 Å². The Morgan fingerprint density at radius 2 is 1.50 bits per heavy atom. The zero-order valence-corrected chi connectivity index (χ0v) is 9.07. The summed E-state index contributed by atoms with van der Waals surface area (Å²) in [6.07, 6.45) is 0. The van der Waals surface area contributed by atoms with Crippen LogP contribution in [0.3, 0.4) is 0 Å². The summed E-state index contributed by atoms with van der Waals surface area (Å²) >= 11 is 0. The Hall–Kier alpha value is -1.96. The van der Waals surface area contributed by atoms with Gasteiger partial charge in [0.2, 0.25) is 6.79 Å². The van der Waals surface area contributed by atoms with Gasteiger partial charge in [0.25, 0.3) is 0 Å². The number of ether oxygens (including phenoxy) is 2. The molecule has 3 rings (SSSR count). The second kappa shape index (κ2) is 3.56. The van der Waals surface area contributed by atoms with E-state index in [0.29, 0.717) is 6.79 Å². The standard InChI is InChI=1S/C14H12O2/c1-10-2-4-11(5-3-10)12-6-7-13-14(8-12)16-9-15-13/h2-8H,9H2,1H3. The van der Waals surface area contributed by atoms with Crippen molar-refractivity contribution in [3.63, 3.8) is 0 Å². The van der Waals surface area contributed by atoms with Gasteiger partial charge in [-0.25, -0.2) is 0 Å². The number of rotatable bonds is 1. The van der Waals surface area contributed by atoms with Gasteiger partial charge in [-0.15, -0.1) is 0 Å². The van der Waals surface area contributed by atoms with E-state index >= 15 is 0 Å². The van der Waals surface area contributed by atoms with Crippen LogP contribution in [0.4, 0.5) is 0 Å². The van der Waals surface area contributed by atoms with E-state index in [1.807, 2.05) is 12.1 Å². The van der Waals surface area contributed by atoms with Gasteiger partial charge in [-0.1, -0.05) is 35.9 Å². The fraction of sp³-hybridized carbons (Fsp3) is 0.143. The van der Waals surface area contributed by atoms with E-state index in [-0.39, 0.29) is 0 Å². The van der Waals surface area contributed by atoms with Crippen LogP contribution < -0.4 is 9.47 Å². The Labute approximate surface area is 94.4 Å². The first-order valence-corrected chi connectivity index (χ1v) is 5.29. The van der Waals surface area contributed by atoms with Crippen molar-refractivity contribution in [2.75, 3.05) is 6.79 Å². The SMILES string of the molecule is Cc1ccc(-c2ccc3c(c2)OCO3)cc1. The molecule has 0 spiro atoms. The maximum absolute atomic E-state index is 5.36. The first-order valence-electron chi connectivity index (χ1n) is 5.29. The average Bonchev–Trinajstić information content (AvgIpc) is 2.77. The van der Waals surface area contributed by atoms with Gasteiger partial charge in [-0.05, 0) is 30.2 Å². The van der Waals surface area contributed by atoms with Crippen LogP contribution >= 0.6 is 0 Å². The smallest absolute Gasteiger partial charge is 0.231 e. The number of hydrogen-bond donors (Lipinski definition) is 0. The third-order valence-electron chi connectivity index (χ3n) is 2.76. The minimum Gasteiger partial charge on any atom is -0.454 e. The molecule has 16 heavy (non-hydrogen) atoms. The van der Waals surface area contributed by atoms with Crippen molar-refractivity contribution in [3.05, 3.63) is 48.0 Å². The summed E-state index contributed by atoms with van der Waals surface area (Å²) in [5.74, 6) is 1.66. The molecule has 2 nitrogen and oxygen atoms in total. The fourth-order valence-electron chi connectivity index (χ4n) is 1.82. The molecule has 0 aliphatic carbocycles. The van der Waals surface area contributed by atoms with Crippen LogP contribution in [-0.2, 0) is 0 Å². The lowest BCUT2D eigenvalue weighted by molar-refractivity contribution is 0.174. The Bertz CT molecular complexity index is 515. The second-order valence-electron chi connectivity index (χ2n) is 3.93. The van der Waals surface area contributed by atoms with E-state index in [4.69, 9.17) is 9.47 Å². The van der Waals surface area contributed by atoms with E-state index in [1.165, 1.54) is 11.1 Å². The van der Waals surface area contributed by atoms with Crippen LogP contribution in [0.15, 0.2) is 42.5 Å². The maximum atomic E-state index is 5.36. The van der Waals surface area contributed by atoms with E-state index in [2.05, 4.69) is 37.3 Å². The predicted molar refractivity (Wildman–Crippen MR) is 62.7 cm³/mol. The third kappa shape index (κ3) is 1.52. The lowest BCUT2D eigenvalue weighted by atomic mass is 10.0. The summed E-state index contributed by atoms with van der Waals surface area (Å²) in [6.45, 7) is 2.41. The lowest BCUT2D eigenvalue weighted by Gasteiger charge is -2.03. The summed E-state index contributed by atoms with van der Waals surface area (Å²) in [5, 5.41) is 0. The molecule has 0 fully saturated rings. The zero-order chi connectivity index (χ0) is 11.0. The first kappa shape index (κ1) is 9.28. The third-order valence-corrected chi connectivity index (χ3v) is 2.76. The minimum absolute atomic E-state index is 0.326. The van der Waals surface area contributed by atoms with Gasteiger partial charge < -0.3 is 9.47 Å². The molecule has 0 bridgehead atoms. The lowest BCUT2D eigenvalue weighted by Crippen LogP contribution is -1.92. The van der Waals surface area contributed by atoms with Gasteiger partial charge in [0.15, 0.2) is 11.5 Å². The molecule has 0 radical (unpaired) electrons. The van der Waals surface area contributed by atoms with Gasteiger partial charge in [-0.3, -0.25) is 0 Å². The van der Waals surface area contributed by atoms with Gasteiger partial charge in [0, 0.05) is 0 Å². The topological polar surface area (TPSA) is 18.5 Å². The van der Waals surface area contributed by atoms with Gasteiger partial charge in [0.1, 0.15) is 0 Å². The Morgan fingerprint density at radius 3 is 2.31 bits per heavy atom. The predicted octanol–water partition coefficient (Wildman–Crippen LogP) is 3.39. The summed E-state index contributed by atoms with van der Waals surface area (Å²) in [7, 11) is 0. The number of fused-ring (bicyclic) bond motifs is 1. The van der Waals surface area contributed by atoms with Crippen molar-refractivity contribution in [1.29, 1.82) is 0 Å². The summed E-state index contributed by atoms with van der Waals surface area (Å²) < 4.78 is 10.6. The molecule has 0 N–H and O–H groups in total. The van der Waals surface area contributed by atoms with Crippen LogP contribution in [0.1, 0.15) is 5.56 Å². The van der Waals surface area contributed by atoms with E-state index in [1.54, 1.807) is 0 Å². The molecule has 1 aliphatic rings. The van der Waals surface area contributed by atoms with Crippen molar-refractivity contribution in [2.45, 2.75) is 6.92 Å². The largest absolute Gasteiger partial charge is 0.454 e. The molecular weight excluding hydrogens is 200 g/mol. The van der Waals surface area contributed by atoms with E-state index in [0.717, 1.165) is 17.1 Å². The average molecular weight is 212 g/mol. The van der Waals surface area contributed by atoms with Gasteiger partial charge >= 0.3 is 0 Å². The fourth-order valence-corrected chi connectivity index (χ4v) is 1.82. The van der Waals surface area contributed by atoms with Crippen LogP contribution in [0.2, 0.25) is 0 Å². The Morgan fingerprint density at radius 1 is 0.812 bits per heavy atom. The zero-order valence-electron chi connectivity index (χ0n) is 9.07.